The van der Waals surface area contributed by atoms with Crippen LogP contribution in [0, 0.1) is 23.7 Å². The lowest BCUT2D eigenvalue weighted by Crippen LogP contribution is -2.55. The van der Waals surface area contributed by atoms with Crippen molar-refractivity contribution in [2.75, 3.05) is 90.8 Å². The predicted octanol–water partition coefficient (Wildman–Crippen LogP) is 10.8. The Morgan fingerprint density at radius 3 is 2.12 bits per heavy atom. The van der Waals surface area contributed by atoms with Gasteiger partial charge in [0.1, 0.15) is 34.3 Å². The van der Waals surface area contributed by atoms with Crippen molar-refractivity contribution in [2.24, 2.45) is 5.41 Å². The number of hydrogen-bond acceptors (Lipinski definition) is 16. The molecule has 0 radical (unpaired) electrons. The number of nitrogens with zero attached hydrogens (tertiary/aromatic N) is 11. The average Bonchev–Trinajstić information content (AvgIpc) is 1.72. The number of nitriles is 1. The standard InChI is InChI=1S/C63H79FN12O8/c1-41-36-74(55-49(41)31-47(35-66-55)73-26-19-54(77)67-57(73)78)43-17-20-62(21-18-43)22-27-70(28-23-62)39-63(64)24-29-71(30-25-63)51-32-44(14-13-42(51)34-65)75-45-15-16-46(75)38-72(37-45)52-33-50(48-11-9-10-12-53(48)82-40-81-8)68-69-56(52)76(58(79)83-60(2,3)4)59(80)84-61(5,6)7/h9-14,31-33,35-36,43,45-46H,15-30,37-40H2,1-8H3,(H,67,77,78). The van der Waals surface area contributed by atoms with Gasteiger partial charge in [0, 0.05) is 107 Å². The number of alkyl halides is 1. The number of piperazine rings is 1. The largest absolute Gasteiger partial charge is 0.467 e. The Kier molecular flexibility index (Phi) is 16.0. The van der Waals surface area contributed by atoms with Gasteiger partial charge in [0.25, 0.3) is 0 Å². The first-order chi connectivity index (χ1) is 40.1. The van der Waals surface area contributed by atoms with E-state index in [4.69, 9.17) is 23.9 Å². The van der Waals surface area contributed by atoms with E-state index < -0.39 is 35.1 Å². The molecule has 5 aliphatic heterocycles. The Bertz CT molecular complexity index is 3300. The molecule has 1 aliphatic carbocycles. The zero-order chi connectivity index (χ0) is 59.3. The molecule has 11 rings (SSSR count). The van der Waals surface area contributed by atoms with Crippen LogP contribution in [0.15, 0.2) is 67.0 Å². The smallest absolute Gasteiger partial charge is 0.425 e. The Balaban J connectivity index is 0.745. The molecular formula is C63H79FN12O8. The van der Waals surface area contributed by atoms with Crippen molar-refractivity contribution >= 4 is 63.7 Å². The molecule has 6 fully saturated rings. The van der Waals surface area contributed by atoms with Gasteiger partial charge >= 0.3 is 18.2 Å². The number of pyridine rings is 1. The predicted molar refractivity (Wildman–Crippen MR) is 318 cm³/mol. The molecule has 21 heteroatoms. The Morgan fingerprint density at radius 1 is 0.798 bits per heavy atom. The molecular weight excluding hydrogens is 1070 g/mol. The second-order valence-electron chi connectivity index (χ2n) is 26.0. The molecule has 5 amide bonds. The zero-order valence-electron chi connectivity index (χ0n) is 49.8. The number of likely N-dealkylation sites (tertiary alicyclic amines) is 1. The summed E-state index contributed by atoms with van der Waals surface area (Å²) >= 11 is 0. The molecule has 20 nitrogen and oxygen atoms in total. The topological polar surface area (TPSA) is 204 Å². The van der Waals surface area contributed by atoms with Gasteiger partial charge in [-0.2, -0.15) is 10.2 Å². The van der Waals surface area contributed by atoms with Crippen molar-refractivity contribution in [3.63, 3.8) is 0 Å². The van der Waals surface area contributed by atoms with Gasteiger partial charge in [0.15, 0.2) is 12.6 Å². The SMILES string of the molecule is COCOc1ccccc1-c1cc(N2CC3CCC(C2)N3c2ccc(C#N)c(N3CCC(F)(CN4CCC5(CCC(n6cc(C)c7cc(N8CCC(=O)NC8=O)cnc76)CC5)CC4)CC3)c2)c(N(C(=O)OC(C)(C)C)C(=O)OC(C)(C)C)nn1. The van der Waals surface area contributed by atoms with Crippen LogP contribution in [-0.2, 0) is 19.0 Å². The van der Waals surface area contributed by atoms with Crippen molar-refractivity contribution in [1.29, 1.82) is 5.26 Å². The average molecular weight is 1150 g/mol. The maximum Gasteiger partial charge on any atom is 0.425 e. The van der Waals surface area contributed by atoms with E-state index in [1.165, 1.54) is 0 Å². The molecule has 446 valence electrons. The molecule has 5 saturated heterocycles. The quantitative estimate of drug-likeness (QED) is 0.115. The van der Waals surface area contributed by atoms with E-state index in [-0.39, 0.29) is 42.4 Å². The number of halogens is 1. The highest BCUT2D eigenvalue weighted by atomic mass is 19.1. The van der Waals surface area contributed by atoms with Crippen molar-refractivity contribution < 1.29 is 42.5 Å². The molecule has 1 saturated carbocycles. The number of carbonyl (C=O) groups is 4. The number of carbonyl (C=O) groups excluding carboxylic acids is 4. The number of methoxy groups -OCH3 is 1. The number of benzene rings is 2. The van der Waals surface area contributed by atoms with Crippen LogP contribution in [0.4, 0.5) is 47.3 Å². The number of rotatable bonds is 12. The molecule has 2 bridgehead atoms. The monoisotopic (exact) mass is 1150 g/mol. The number of anilines is 5. The number of aromatic nitrogens is 4. The molecule has 2 unspecified atom stereocenters. The Hall–Kier alpha value is -7.57. The number of aryl methyl sites for hydroxylation is 1. The first-order valence-electron chi connectivity index (χ1n) is 29.8. The third-order valence-electron chi connectivity index (χ3n) is 17.9. The van der Waals surface area contributed by atoms with Gasteiger partial charge in [-0.25, -0.2) is 23.8 Å². The lowest BCUT2D eigenvalue weighted by Gasteiger charge is -2.48. The minimum Gasteiger partial charge on any atom is -0.467 e. The summed E-state index contributed by atoms with van der Waals surface area (Å²) in [4.78, 5) is 69.0. The number of imide groups is 2. The maximum absolute atomic E-state index is 17.1. The molecule has 2 aromatic carbocycles. The second-order valence-corrected chi connectivity index (χ2v) is 26.0. The van der Waals surface area contributed by atoms with E-state index in [2.05, 4.69) is 64.9 Å². The van der Waals surface area contributed by atoms with E-state index in [9.17, 15) is 24.4 Å². The summed E-state index contributed by atoms with van der Waals surface area (Å²) in [7, 11) is 1.54. The number of ether oxygens (including phenoxy) is 4. The lowest BCUT2D eigenvalue weighted by atomic mass is 9.67. The van der Waals surface area contributed by atoms with Gasteiger partial charge in [-0.05, 0) is 166 Å². The van der Waals surface area contributed by atoms with Crippen LogP contribution in [0.2, 0.25) is 0 Å². The van der Waals surface area contributed by atoms with Crippen molar-refractivity contribution in [3.8, 4) is 23.1 Å². The zero-order valence-corrected chi connectivity index (χ0v) is 49.8. The van der Waals surface area contributed by atoms with Crippen LogP contribution in [-0.4, -0.2) is 144 Å². The number of hydrogen-bond donors (Lipinski definition) is 1. The Labute approximate surface area is 491 Å². The fraction of sp³-hybridized carbons (Fsp3) is 0.556. The van der Waals surface area contributed by atoms with Crippen LogP contribution in [0.1, 0.15) is 129 Å². The van der Waals surface area contributed by atoms with Crippen LogP contribution in [0.25, 0.3) is 22.3 Å². The van der Waals surface area contributed by atoms with E-state index in [0.717, 1.165) is 97.3 Å². The van der Waals surface area contributed by atoms with Crippen molar-refractivity contribution in [3.05, 3.63) is 78.1 Å². The first kappa shape index (κ1) is 58.2. The normalized spacial score (nSPS) is 21.1. The van der Waals surface area contributed by atoms with Gasteiger partial charge < -0.3 is 43.1 Å². The summed E-state index contributed by atoms with van der Waals surface area (Å²) in [6.45, 7) is 17.0. The minimum atomic E-state index is -1.34. The number of piperidine rings is 2. The first-order valence-corrected chi connectivity index (χ1v) is 29.8. The summed E-state index contributed by atoms with van der Waals surface area (Å²) < 4.78 is 42.2. The van der Waals surface area contributed by atoms with Crippen molar-refractivity contribution in [1.82, 2.24) is 30.0 Å². The van der Waals surface area contributed by atoms with Crippen molar-refractivity contribution in [2.45, 2.75) is 154 Å². The highest BCUT2D eigenvalue weighted by molar-refractivity contribution is 6.11. The maximum atomic E-state index is 17.1. The minimum absolute atomic E-state index is 0.00473. The molecule has 6 aliphatic rings. The number of para-hydroxylation sites is 1. The van der Waals surface area contributed by atoms with Gasteiger partial charge in [0.2, 0.25) is 5.91 Å². The van der Waals surface area contributed by atoms with Crippen LogP contribution >= 0.6 is 0 Å². The third-order valence-corrected chi connectivity index (χ3v) is 17.9. The molecule has 84 heavy (non-hydrogen) atoms. The molecule has 5 aromatic rings. The van der Waals surface area contributed by atoms with Crippen LogP contribution in [0.3, 0.4) is 0 Å². The molecule has 1 N–H and O–H groups in total. The second kappa shape index (κ2) is 23.1. The van der Waals surface area contributed by atoms with E-state index in [1.807, 2.05) is 48.5 Å². The number of urea groups is 1. The van der Waals surface area contributed by atoms with E-state index >= 15 is 4.39 Å². The molecule has 8 heterocycles. The highest BCUT2D eigenvalue weighted by Crippen LogP contribution is 2.49. The highest BCUT2D eigenvalue weighted by Gasteiger charge is 2.46. The summed E-state index contributed by atoms with van der Waals surface area (Å²) in [5.74, 6) is 0.234. The van der Waals surface area contributed by atoms with E-state index in [0.29, 0.717) is 92.1 Å². The number of nitrogens with one attached hydrogen (secondary N) is 1. The van der Waals surface area contributed by atoms with Gasteiger partial charge in [-0.1, -0.05) is 12.1 Å². The van der Waals surface area contributed by atoms with Gasteiger partial charge in [-0.15, -0.1) is 10.2 Å². The fourth-order valence-corrected chi connectivity index (χ4v) is 13.7. The molecule has 1 spiro atoms. The fourth-order valence-electron chi connectivity index (χ4n) is 13.7. The third kappa shape index (κ3) is 12.2. The summed E-state index contributed by atoms with van der Waals surface area (Å²) in [5, 5.41) is 23.1. The summed E-state index contributed by atoms with van der Waals surface area (Å²) in [5.41, 5.74) is 3.68. The Morgan fingerprint density at radius 2 is 1.48 bits per heavy atom. The molecule has 2 atom stereocenters. The van der Waals surface area contributed by atoms with Crippen LogP contribution in [0.5, 0.6) is 5.75 Å². The summed E-state index contributed by atoms with van der Waals surface area (Å²) in [6, 6.07) is 19.6. The summed E-state index contributed by atoms with van der Waals surface area (Å²) in [6.07, 6.45) is 11.2. The van der Waals surface area contributed by atoms with Gasteiger partial charge in [0.05, 0.1) is 34.5 Å². The molecule has 3 aromatic heterocycles. The van der Waals surface area contributed by atoms with Crippen LogP contribution < -0.4 is 34.6 Å². The number of amides is 5. The number of fused-ring (bicyclic) bond motifs is 3. The van der Waals surface area contributed by atoms with Gasteiger partial charge in [-0.3, -0.25) is 15.0 Å². The van der Waals surface area contributed by atoms with E-state index in [1.54, 1.807) is 59.7 Å². The lowest BCUT2D eigenvalue weighted by molar-refractivity contribution is -0.120.